The van der Waals surface area contributed by atoms with Gasteiger partial charge in [-0.05, 0) is 43.1 Å². The molecular formula is C25H41BrN6O3. The molecule has 0 aliphatic carbocycles. The minimum absolute atomic E-state index is 0.0770. The molecule has 0 saturated heterocycles. The number of hydrogen-bond acceptors (Lipinski definition) is 4. The molecule has 35 heavy (non-hydrogen) atoms. The second-order valence-corrected chi connectivity index (χ2v) is 10.5. The number of nitrogens with one attached hydrogen (secondary N) is 5. The standard InChI is InChI=1S/C25H41BrN6O3/c1-16(2)14-20(23(34)29-12-8-9-13-30-25(27)28)31-24(35)21(17(3)4)32-22(33)19(26)15-18-10-6-5-7-11-18/h5-7,10-11,16-17,19-21H,8-9,12-15H2,1-4H3,(H,29,34)(H,31,35)(H,32,33)(H4,27,28,30). The van der Waals surface area contributed by atoms with Gasteiger partial charge < -0.3 is 27.0 Å². The van der Waals surface area contributed by atoms with Crippen LogP contribution in [0.3, 0.4) is 0 Å². The van der Waals surface area contributed by atoms with Crippen molar-refractivity contribution in [1.82, 2.24) is 21.3 Å². The van der Waals surface area contributed by atoms with E-state index in [2.05, 4.69) is 37.2 Å². The van der Waals surface area contributed by atoms with E-state index in [1.165, 1.54) is 0 Å². The number of carbonyl (C=O) groups is 3. The lowest BCUT2D eigenvalue weighted by molar-refractivity contribution is -0.133. The molecule has 1 aromatic carbocycles. The number of guanidine groups is 1. The number of unbranched alkanes of at least 4 members (excludes halogenated alkanes) is 1. The monoisotopic (exact) mass is 552 g/mol. The van der Waals surface area contributed by atoms with Crippen LogP contribution in [0, 0.1) is 17.2 Å². The maximum atomic E-state index is 13.1. The Balaban J connectivity index is 2.69. The van der Waals surface area contributed by atoms with Gasteiger partial charge in [0, 0.05) is 13.1 Å². The van der Waals surface area contributed by atoms with E-state index in [9.17, 15) is 14.4 Å². The van der Waals surface area contributed by atoms with Gasteiger partial charge in [0.15, 0.2) is 5.96 Å². The van der Waals surface area contributed by atoms with Crippen LogP contribution in [-0.4, -0.2) is 53.7 Å². The predicted octanol–water partition coefficient (Wildman–Crippen LogP) is 2.04. The van der Waals surface area contributed by atoms with Crippen molar-refractivity contribution in [1.29, 1.82) is 5.41 Å². The molecule has 0 aliphatic heterocycles. The maximum Gasteiger partial charge on any atom is 0.243 e. The number of nitrogens with two attached hydrogens (primary N) is 1. The van der Waals surface area contributed by atoms with Gasteiger partial charge in [0.05, 0.1) is 4.83 Å². The molecule has 3 unspecified atom stereocenters. The first-order valence-electron chi connectivity index (χ1n) is 12.2. The Morgan fingerprint density at radius 3 is 2.06 bits per heavy atom. The minimum atomic E-state index is -0.765. The van der Waals surface area contributed by atoms with Gasteiger partial charge >= 0.3 is 0 Å². The van der Waals surface area contributed by atoms with Crippen molar-refractivity contribution in [3.8, 4) is 0 Å². The molecular weight excluding hydrogens is 512 g/mol. The van der Waals surface area contributed by atoms with Crippen molar-refractivity contribution in [2.45, 2.75) is 70.3 Å². The summed E-state index contributed by atoms with van der Waals surface area (Å²) in [6.07, 6.45) is 2.45. The van der Waals surface area contributed by atoms with Gasteiger partial charge in [-0.2, -0.15) is 0 Å². The zero-order valence-electron chi connectivity index (χ0n) is 21.2. The number of benzene rings is 1. The normalized spacial score (nSPS) is 13.6. The highest BCUT2D eigenvalue weighted by atomic mass is 79.9. The zero-order valence-corrected chi connectivity index (χ0v) is 22.8. The molecule has 0 heterocycles. The van der Waals surface area contributed by atoms with E-state index in [1.54, 1.807) is 0 Å². The number of halogens is 1. The molecule has 10 heteroatoms. The summed E-state index contributed by atoms with van der Waals surface area (Å²) in [6.45, 7) is 8.71. The van der Waals surface area contributed by atoms with Crippen molar-refractivity contribution in [3.05, 3.63) is 35.9 Å². The van der Waals surface area contributed by atoms with E-state index >= 15 is 0 Å². The maximum absolute atomic E-state index is 13.1. The van der Waals surface area contributed by atoms with Crippen LogP contribution in [0.25, 0.3) is 0 Å². The summed E-state index contributed by atoms with van der Waals surface area (Å²) in [4.78, 5) is 38.2. The van der Waals surface area contributed by atoms with Crippen molar-refractivity contribution >= 4 is 39.6 Å². The largest absolute Gasteiger partial charge is 0.370 e. The van der Waals surface area contributed by atoms with E-state index in [1.807, 2.05) is 58.0 Å². The Kier molecular flexibility index (Phi) is 14.0. The highest BCUT2D eigenvalue weighted by Gasteiger charge is 2.30. The van der Waals surface area contributed by atoms with Crippen LogP contribution in [0.5, 0.6) is 0 Å². The lowest BCUT2D eigenvalue weighted by Gasteiger charge is -2.27. The second-order valence-electron chi connectivity index (χ2n) is 9.42. The van der Waals surface area contributed by atoms with Gasteiger partial charge in [-0.1, -0.05) is 74.0 Å². The molecule has 3 amide bonds. The molecule has 7 N–H and O–H groups in total. The molecule has 0 aromatic heterocycles. The summed E-state index contributed by atoms with van der Waals surface area (Å²) in [5, 5.41) is 18.4. The van der Waals surface area contributed by atoms with E-state index < -0.39 is 16.9 Å². The van der Waals surface area contributed by atoms with Gasteiger partial charge in [-0.3, -0.25) is 19.8 Å². The van der Waals surface area contributed by atoms with Crippen LogP contribution < -0.4 is 27.0 Å². The van der Waals surface area contributed by atoms with E-state index in [0.717, 1.165) is 12.0 Å². The molecule has 0 spiro atoms. The average molecular weight is 554 g/mol. The summed E-state index contributed by atoms with van der Waals surface area (Å²) in [6, 6.07) is 8.19. The fourth-order valence-electron chi connectivity index (χ4n) is 3.46. The number of alkyl halides is 1. The Labute approximate surface area is 217 Å². The van der Waals surface area contributed by atoms with Gasteiger partial charge in [0.2, 0.25) is 17.7 Å². The first kappa shape index (κ1) is 30.4. The zero-order chi connectivity index (χ0) is 26.4. The molecule has 0 radical (unpaired) electrons. The fraction of sp³-hybridized carbons (Fsp3) is 0.600. The SMILES string of the molecule is CC(C)CC(NC(=O)C(NC(=O)C(Br)Cc1ccccc1)C(C)C)C(=O)NCCCCNC(=N)N. The molecule has 1 aromatic rings. The summed E-state index contributed by atoms with van der Waals surface area (Å²) in [5.74, 6) is -0.941. The van der Waals surface area contributed by atoms with Crippen LogP contribution in [-0.2, 0) is 20.8 Å². The molecule has 9 nitrogen and oxygen atoms in total. The van der Waals surface area contributed by atoms with Crippen molar-refractivity contribution in [2.75, 3.05) is 13.1 Å². The smallest absolute Gasteiger partial charge is 0.243 e. The quantitative estimate of drug-likeness (QED) is 0.0851. The van der Waals surface area contributed by atoms with Gasteiger partial charge in [0.1, 0.15) is 12.1 Å². The van der Waals surface area contributed by atoms with E-state index in [0.29, 0.717) is 32.4 Å². The predicted molar refractivity (Wildman–Crippen MR) is 143 cm³/mol. The highest BCUT2D eigenvalue weighted by Crippen LogP contribution is 2.13. The number of rotatable bonds is 15. The third-order valence-corrected chi connectivity index (χ3v) is 6.09. The van der Waals surface area contributed by atoms with E-state index in [4.69, 9.17) is 11.1 Å². The van der Waals surface area contributed by atoms with Gasteiger partial charge in [-0.15, -0.1) is 0 Å². The van der Waals surface area contributed by atoms with Gasteiger partial charge in [0.25, 0.3) is 0 Å². The second kappa shape index (κ2) is 16.1. The molecule has 0 bridgehead atoms. The van der Waals surface area contributed by atoms with Crippen molar-refractivity contribution in [2.24, 2.45) is 17.6 Å². The number of hydrogen-bond donors (Lipinski definition) is 6. The third-order valence-electron chi connectivity index (χ3n) is 5.35. The van der Waals surface area contributed by atoms with Crippen molar-refractivity contribution in [3.63, 3.8) is 0 Å². The lowest BCUT2D eigenvalue weighted by Crippen LogP contribution is -2.56. The van der Waals surface area contributed by atoms with Crippen LogP contribution in [0.15, 0.2) is 30.3 Å². The molecule has 196 valence electrons. The van der Waals surface area contributed by atoms with Crippen LogP contribution >= 0.6 is 15.9 Å². The lowest BCUT2D eigenvalue weighted by atomic mass is 9.99. The Hall–Kier alpha value is -2.62. The fourth-order valence-corrected chi connectivity index (χ4v) is 3.97. The van der Waals surface area contributed by atoms with Crippen LogP contribution in [0.1, 0.15) is 52.5 Å². The van der Waals surface area contributed by atoms with Crippen molar-refractivity contribution < 1.29 is 14.4 Å². The van der Waals surface area contributed by atoms with Crippen LogP contribution in [0.2, 0.25) is 0 Å². The minimum Gasteiger partial charge on any atom is -0.370 e. The first-order chi connectivity index (χ1) is 16.5. The Bertz CT molecular complexity index is 819. The van der Waals surface area contributed by atoms with Gasteiger partial charge in [-0.25, -0.2) is 0 Å². The molecule has 1 rings (SSSR count). The molecule has 0 aliphatic rings. The number of amides is 3. The Morgan fingerprint density at radius 1 is 0.914 bits per heavy atom. The Morgan fingerprint density at radius 2 is 1.51 bits per heavy atom. The summed E-state index contributed by atoms with van der Waals surface area (Å²) in [7, 11) is 0. The highest BCUT2D eigenvalue weighted by molar-refractivity contribution is 9.10. The summed E-state index contributed by atoms with van der Waals surface area (Å²) >= 11 is 3.44. The number of carbonyl (C=O) groups excluding carboxylic acids is 3. The molecule has 0 fully saturated rings. The summed E-state index contributed by atoms with van der Waals surface area (Å²) < 4.78 is 0. The molecule has 0 saturated carbocycles. The third kappa shape index (κ3) is 12.6. The summed E-state index contributed by atoms with van der Waals surface area (Å²) in [5.41, 5.74) is 6.26. The van der Waals surface area contributed by atoms with E-state index in [-0.39, 0.29) is 35.5 Å². The van der Waals surface area contributed by atoms with Crippen LogP contribution in [0.4, 0.5) is 0 Å². The topological polar surface area (TPSA) is 149 Å². The average Bonchev–Trinajstić information content (AvgIpc) is 2.78. The first-order valence-corrected chi connectivity index (χ1v) is 13.1. The molecule has 3 atom stereocenters.